The Morgan fingerprint density at radius 3 is 2.49 bits per heavy atom. The van der Waals surface area contributed by atoms with E-state index >= 15 is 0 Å². The topological polar surface area (TPSA) is 130 Å². The Morgan fingerprint density at radius 1 is 1.10 bits per heavy atom. The van der Waals surface area contributed by atoms with Crippen molar-refractivity contribution < 1.29 is 36.8 Å². The second-order valence-electron chi connectivity index (χ2n) is 13.6. The van der Waals surface area contributed by atoms with Gasteiger partial charge in [0, 0.05) is 25.6 Å². The van der Waals surface area contributed by atoms with Crippen LogP contribution in [0.4, 0.5) is 19.0 Å². The van der Waals surface area contributed by atoms with Gasteiger partial charge in [0.05, 0.1) is 28.7 Å². The molecule has 49 heavy (non-hydrogen) atoms. The van der Waals surface area contributed by atoms with Crippen molar-refractivity contribution in [3.05, 3.63) is 52.9 Å². The van der Waals surface area contributed by atoms with Crippen LogP contribution in [0.2, 0.25) is 0 Å². The Labute approximate surface area is 286 Å². The third-order valence-electron chi connectivity index (χ3n) is 9.88. The molecule has 264 valence electrons. The van der Waals surface area contributed by atoms with E-state index in [-0.39, 0.29) is 18.9 Å². The fourth-order valence-electron chi connectivity index (χ4n) is 7.24. The predicted octanol–water partition coefficient (Wildman–Crippen LogP) is 4.84. The van der Waals surface area contributed by atoms with Gasteiger partial charge < -0.3 is 29.7 Å². The summed E-state index contributed by atoms with van der Waals surface area (Å²) in [7, 11) is 0. The first kappa shape index (κ1) is 34.9. The molecule has 3 aliphatic rings. The molecule has 0 bridgehead atoms. The van der Waals surface area contributed by atoms with Gasteiger partial charge in [-0.2, -0.15) is 13.2 Å². The summed E-state index contributed by atoms with van der Waals surface area (Å²) in [6.45, 7) is 10.6. The molecule has 0 saturated carbocycles. The zero-order chi connectivity index (χ0) is 35.0. The number of thiazole rings is 1. The predicted molar refractivity (Wildman–Crippen MR) is 176 cm³/mol. The van der Waals surface area contributed by atoms with Crippen LogP contribution in [0.15, 0.2) is 40.4 Å². The van der Waals surface area contributed by atoms with Crippen LogP contribution < -0.4 is 15.5 Å². The maximum absolute atomic E-state index is 14.3. The highest BCUT2D eigenvalue weighted by Gasteiger charge is 2.49. The van der Waals surface area contributed by atoms with Crippen molar-refractivity contribution in [2.24, 2.45) is 17.8 Å². The van der Waals surface area contributed by atoms with E-state index in [0.717, 1.165) is 54.3 Å². The van der Waals surface area contributed by atoms with Crippen molar-refractivity contribution in [2.75, 3.05) is 37.6 Å². The number of carbonyl (C=O) groups is 3. The van der Waals surface area contributed by atoms with Gasteiger partial charge in [0.25, 0.3) is 0 Å². The number of aromatic nitrogens is 2. The molecule has 2 amide bonds. The molecule has 0 spiro atoms. The molecule has 0 radical (unpaired) electrons. The van der Waals surface area contributed by atoms with E-state index in [4.69, 9.17) is 9.26 Å². The number of hydrogen-bond acceptors (Lipinski definition) is 10. The lowest BCUT2D eigenvalue weighted by atomic mass is 9.90. The van der Waals surface area contributed by atoms with E-state index in [1.165, 1.54) is 16.2 Å². The first-order valence-electron chi connectivity index (χ1n) is 16.6. The van der Waals surface area contributed by atoms with E-state index in [9.17, 15) is 27.6 Å². The van der Waals surface area contributed by atoms with Gasteiger partial charge in [0.2, 0.25) is 11.8 Å². The summed E-state index contributed by atoms with van der Waals surface area (Å²) in [4.78, 5) is 48.5. The first-order chi connectivity index (χ1) is 23.3. The summed E-state index contributed by atoms with van der Waals surface area (Å²) in [5.41, 5.74) is 4.47. The van der Waals surface area contributed by atoms with Gasteiger partial charge in [-0.15, -0.1) is 11.3 Å². The summed E-state index contributed by atoms with van der Waals surface area (Å²) < 4.78 is 49.9. The van der Waals surface area contributed by atoms with E-state index in [1.54, 1.807) is 18.5 Å². The fraction of sp³-hybridized carbons (Fsp3) is 0.559. The molecule has 6 atom stereocenters. The Hall–Kier alpha value is -3.98. The highest BCUT2D eigenvalue weighted by molar-refractivity contribution is 7.13. The molecule has 0 aliphatic carbocycles. The van der Waals surface area contributed by atoms with Gasteiger partial charge in [0.1, 0.15) is 18.1 Å². The molecule has 3 saturated heterocycles. The van der Waals surface area contributed by atoms with Crippen molar-refractivity contribution in [1.29, 1.82) is 0 Å². The summed E-state index contributed by atoms with van der Waals surface area (Å²) >= 11 is 1.53. The summed E-state index contributed by atoms with van der Waals surface area (Å²) in [5.74, 6) is -2.64. The van der Waals surface area contributed by atoms with Crippen LogP contribution in [0.25, 0.3) is 10.4 Å². The maximum atomic E-state index is 14.3. The highest BCUT2D eigenvalue weighted by Crippen LogP contribution is 2.37. The number of alkyl halides is 3. The van der Waals surface area contributed by atoms with Gasteiger partial charge in [-0.05, 0) is 62.2 Å². The molecular formula is C34H41F3N6O5S. The fourth-order valence-corrected chi connectivity index (χ4v) is 8.05. The van der Waals surface area contributed by atoms with Gasteiger partial charge in [-0.25, -0.2) is 9.78 Å². The molecule has 3 aliphatic heterocycles. The van der Waals surface area contributed by atoms with Crippen molar-refractivity contribution in [3.63, 3.8) is 0 Å². The summed E-state index contributed by atoms with van der Waals surface area (Å²) in [6.07, 6.45) is -5.75. The Balaban J connectivity index is 1.20. The number of halogens is 3. The second-order valence-corrected chi connectivity index (χ2v) is 14.5. The standard InChI is InChI=1S/C34H41F3N6O5S/c1-18(2)29(27-12-28(41-48-27)42-14-23-9-10-38-13-24(23)15-42)32(45)43-16-25(47-33(46)34(35,36)37)11-26(43)31(44)40-19(3)21-5-7-22(8-6-21)30-20(4)39-17-49-30/h5-8,12,17-19,23-26,29,38H,9-11,13-16H2,1-4H3,(H,40,44)/t19-,23-,24+,25+,26-,29+/m0/s1. The first-order valence-corrected chi connectivity index (χ1v) is 17.5. The SMILES string of the molecule is Cc1ncsc1-c1ccc([C@H](C)NC(=O)[C@@H]2C[C@@H](OC(=O)C(F)(F)F)CN2C(=O)[C@@H](c2cc(N3C[C@H]4CNCC[C@H]4C3)no2)C(C)C)cc1. The zero-order valence-corrected chi connectivity index (χ0v) is 28.6. The molecule has 6 rings (SSSR count). The third-order valence-corrected chi connectivity index (χ3v) is 10.9. The lowest BCUT2D eigenvalue weighted by Crippen LogP contribution is -2.48. The number of benzene rings is 1. The van der Waals surface area contributed by atoms with Gasteiger partial charge in [-0.3, -0.25) is 9.59 Å². The third kappa shape index (κ3) is 7.47. The summed E-state index contributed by atoms with van der Waals surface area (Å²) in [6, 6.07) is 7.71. The number of fused-ring (bicyclic) bond motifs is 1. The minimum Gasteiger partial charge on any atom is -0.454 e. The number of likely N-dealkylation sites (tertiary alicyclic amines) is 1. The number of anilines is 1. The van der Waals surface area contributed by atoms with Crippen LogP contribution in [0.5, 0.6) is 0 Å². The smallest absolute Gasteiger partial charge is 0.454 e. The maximum Gasteiger partial charge on any atom is 0.490 e. The number of rotatable bonds is 9. The van der Waals surface area contributed by atoms with E-state index in [0.29, 0.717) is 23.4 Å². The van der Waals surface area contributed by atoms with Crippen molar-refractivity contribution >= 4 is 34.9 Å². The van der Waals surface area contributed by atoms with Crippen LogP contribution in [0.1, 0.15) is 62.6 Å². The average Bonchev–Trinajstić information content (AvgIpc) is 3.86. The van der Waals surface area contributed by atoms with Gasteiger partial charge in [0.15, 0.2) is 11.6 Å². The van der Waals surface area contributed by atoms with Crippen LogP contribution in [-0.4, -0.2) is 83.9 Å². The number of nitrogens with zero attached hydrogens (tertiary/aromatic N) is 4. The molecule has 15 heteroatoms. The Kier molecular flexibility index (Phi) is 10.0. The number of carbonyl (C=O) groups excluding carboxylic acids is 3. The molecule has 2 N–H and O–H groups in total. The van der Waals surface area contributed by atoms with E-state index in [1.807, 2.05) is 45.0 Å². The van der Waals surface area contributed by atoms with Crippen LogP contribution in [-0.2, 0) is 19.1 Å². The van der Waals surface area contributed by atoms with Crippen LogP contribution in [0.3, 0.4) is 0 Å². The largest absolute Gasteiger partial charge is 0.490 e. The molecule has 0 unspecified atom stereocenters. The number of hydrogen-bond donors (Lipinski definition) is 2. The second kappa shape index (κ2) is 14.1. The molecular weight excluding hydrogens is 661 g/mol. The molecule has 11 nitrogen and oxygen atoms in total. The lowest BCUT2D eigenvalue weighted by Gasteiger charge is -2.29. The van der Waals surface area contributed by atoms with Gasteiger partial charge >= 0.3 is 12.1 Å². The summed E-state index contributed by atoms with van der Waals surface area (Å²) in [5, 5.41) is 10.6. The van der Waals surface area contributed by atoms with Crippen molar-refractivity contribution in [2.45, 2.75) is 70.8 Å². The average molecular weight is 703 g/mol. The molecule has 5 heterocycles. The Bertz CT molecular complexity index is 1650. The lowest BCUT2D eigenvalue weighted by molar-refractivity contribution is -0.204. The number of aryl methyl sites for hydroxylation is 1. The molecule has 3 aromatic rings. The minimum atomic E-state index is -5.21. The quantitative estimate of drug-likeness (QED) is 0.301. The molecule has 2 aromatic heterocycles. The highest BCUT2D eigenvalue weighted by atomic mass is 32.1. The number of ether oxygens (including phenoxy) is 1. The Morgan fingerprint density at radius 2 is 1.84 bits per heavy atom. The normalized spacial score (nSPS) is 23.8. The monoisotopic (exact) mass is 702 g/mol. The number of esters is 1. The number of amides is 2. The van der Waals surface area contributed by atoms with Crippen molar-refractivity contribution in [1.82, 2.24) is 25.7 Å². The van der Waals surface area contributed by atoms with E-state index in [2.05, 4.69) is 25.7 Å². The molecule has 3 fully saturated rings. The zero-order valence-electron chi connectivity index (χ0n) is 27.8. The number of piperidine rings is 1. The van der Waals surface area contributed by atoms with Crippen molar-refractivity contribution in [3.8, 4) is 10.4 Å². The minimum absolute atomic E-state index is 0.285. The number of nitrogens with one attached hydrogen (secondary N) is 2. The van der Waals surface area contributed by atoms with Crippen LogP contribution in [0, 0.1) is 24.7 Å². The van der Waals surface area contributed by atoms with Gasteiger partial charge in [-0.1, -0.05) is 43.3 Å². The van der Waals surface area contributed by atoms with Crippen LogP contribution >= 0.6 is 11.3 Å². The van der Waals surface area contributed by atoms with E-state index < -0.39 is 48.1 Å². The molecule has 1 aromatic carbocycles.